The molecule has 2 saturated heterocycles. The van der Waals surface area contributed by atoms with E-state index in [0.29, 0.717) is 55.7 Å². The zero-order chi connectivity index (χ0) is 25.2. The Morgan fingerprint density at radius 3 is 2.64 bits per heavy atom. The molecule has 192 valence electrons. The van der Waals surface area contributed by atoms with Gasteiger partial charge in [-0.15, -0.1) is 23.2 Å². The predicted octanol–water partition coefficient (Wildman–Crippen LogP) is 3.42. The van der Waals surface area contributed by atoms with E-state index in [1.807, 2.05) is 0 Å². The molecule has 4 fully saturated rings. The molecule has 12 heteroatoms. The molecule has 0 bridgehead atoms. The fourth-order valence-corrected chi connectivity index (χ4v) is 7.48. The summed E-state index contributed by atoms with van der Waals surface area (Å²) in [6.45, 7) is 5.37. The second-order valence-corrected chi connectivity index (χ2v) is 11.6. The monoisotopic (exact) mass is 537 g/mol. The molecule has 2 saturated carbocycles. The highest BCUT2D eigenvalue weighted by Crippen LogP contribution is 2.56. The van der Waals surface area contributed by atoms with Crippen LogP contribution in [0.1, 0.15) is 48.9 Å². The molecule has 2 aromatic heterocycles. The second-order valence-electron chi connectivity index (χ2n) is 10.5. The summed E-state index contributed by atoms with van der Waals surface area (Å²) in [7, 11) is 0. The lowest BCUT2D eigenvalue weighted by Crippen LogP contribution is -2.63. The van der Waals surface area contributed by atoms with E-state index in [0.717, 1.165) is 0 Å². The van der Waals surface area contributed by atoms with E-state index < -0.39 is 17.7 Å². The van der Waals surface area contributed by atoms with Gasteiger partial charge in [0, 0.05) is 60.5 Å². The standard InChI is InChI=1S/C24H27Cl2F2N7O/c1-2-17(36)34-9-24(10-34)4-13(5-24)35-22(23(27)28)19(21(33-35)12-6-29-11-30-7-12)18-14-8-31-32-16(14)3-15(25)20(18)26/h2,6-7,11,13-16,18,20,23,31-32H,1,3-5,8-10H2. The van der Waals surface area contributed by atoms with Crippen molar-refractivity contribution in [2.24, 2.45) is 11.3 Å². The van der Waals surface area contributed by atoms with Crippen LogP contribution in [-0.4, -0.2) is 67.0 Å². The third-order valence-electron chi connectivity index (χ3n) is 8.35. The highest BCUT2D eigenvalue weighted by molar-refractivity contribution is 6.30. The molecule has 5 unspecified atom stereocenters. The van der Waals surface area contributed by atoms with E-state index >= 15 is 0 Å². The molecular weight excluding hydrogens is 511 g/mol. The van der Waals surface area contributed by atoms with Crippen LogP contribution in [-0.2, 0) is 4.79 Å². The summed E-state index contributed by atoms with van der Waals surface area (Å²) in [6.07, 6.45) is 5.17. The molecule has 2 aromatic rings. The van der Waals surface area contributed by atoms with Gasteiger partial charge in [-0.05, 0) is 31.3 Å². The third-order valence-corrected chi connectivity index (χ3v) is 9.51. The van der Waals surface area contributed by atoms with Crippen molar-refractivity contribution in [1.29, 1.82) is 0 Å². The molecular formula is C24H27Cl2F2N7O. The fourth-order valence-electron chi connectivity index (χ4n) is 6.71. The first kappa shape index (κ1) is 24.2. The van der Waals surface area contributed by atoms with Crippen molar-refractivity contribution in [3.63, 3.8) is 0 Å². The summed E-state index contributed by atoms with van der Waals surface area (Å²) in [5, 5.41) is 3.87. The largest absolute Gasteiger partial charge is 0.338 e. The summed E-state index contributed by atoms with van der Waals surface area (Å²) in [4.78, 5) is 21.8. The van der Waals surface area contributed by atoms with Crippen LogP contribution in [0.2, 0.25) is 0 Å². The lowest BCUT2D eigenvalue weighted by atomic mass is 9.60. The zero-order valence-corrected chi connectivity index (χ0v) is 21.0. The highest BCUT2D eigenvalue weighted by atomic mass is 35.5. The van der Waals surface area contributed by atoms with Gasteiger partial charge in [0.05, 0.1) is 22.5 Å². The maximum Gasteiger partial charge on any atom is 0.280 e. The number of carbonyl (C=O) groups is 1. The molecule has 5 atom stereocenters. The number of alkyl halides is 4. The summed E-state index contributed by atoms with van der Waals surface area (Å²) in [5.74, 6) is -0.541. The molecule has 4 aliphatic rings. The van der Waals surface area contributed by atoms with Gasteiger partial charge in [-0.1, -0.05) is 6.58 Å². The van der Waals surface area contributed by atoms with Crippen LogP contribution < -0.4 is 10.9 Å². The number of rotatable bonds is 5. The third kappa shape index (κ3) is 3.76. The van der Waals surface area contributed by atoms with Gasteiger partial charge in [0.2, 0.25) is 5.91 Å². The molecule has 6 rings (SSSR count). The van der Waals surface area contributed by atoms with Gasteiger partial charge in [-0.25, -0.2) is 18.7 Å². The molecule has 4 heterocycles. The lowest BCUT2D eigenvalue weighted by Gasteiger charge is -2.58. The number of carbonyl (C=O) groups excluding carboxylic acids is 1. The Kier molecular flexibility index (Phi) is 6.06. The number of halogens is 4. The van der Waals surface area contributed by atoms with Crippen molar-refractivity contribution in [2.75, 3.05) is 19.6 Å². The van der Waals surface area contributed by atoms with Crippen molar-refractivity contribution in [2.45, 2.75) is 54.4 Å². The zero-order valence-electron chi connectivity index (χ0n) is 19.5. The minimum absolute atomic E-state index is 0.0149. The minimum Gasteiger partial charge on any atom is -0.338 e. The van der Waals surface area contributed by atoms with Gasteiger partial charge in [0.1, 0.15) is 12.0 Å². The van der Waals surface area contributed by atoms with Gasteiger partial charge in [0.25, 0.3) is 6.43 Å². The Bertz CT molecular complexity index is 1160. The Hall–Kier alpha value is -2.14. The average Bonchev–Trinajstić information content (AvgIpc) is 3.43. The Morgan fingerprint density at radius 2 is 1.97 bits per heavy atom. The van der Waals surface area contributed by atoms with Crippen LogP contribution in [0.4, 0.5) is 8.78 Å². The molecule has 1 spiro atoms. The van der Waals surface area contributed by atoms with Crippen LogP contribution in [0.15, 0.2) is 31.4 Å². The van der Waals surface area contributed by atoms with Crippen LogP contribution in [0.5, 0.6) is 0 Å². The fraction of sp³-hybridized carbons (Fsp3) is 0.583. The van der Waals surface area contributed by atoms with Crippen molar-refractivity contribution >= 4 is 29.1 Å². The van der Waals surface area contributed by atoms with Crippen molar-refractivity contribution in [3.8, 4) is 11.3 Å². The molecule has 36 heavy (non-hydrogen) atoms. The van der Waals surface area contributed by atoms with Gasteiger partial charge >= 0.3 is 0 Å². The number of likely N-dealkylation sites (tertiary alicyclic amines) is 1. The molecule has 2 aliphatic carbocycles. The lowest BCUT2D eigenvalue weighted by molar-refractivity contribution is -0.149. The van der Waals surface area contributed by atoms with E-state index in [4.69, 9.17) is 28.3 Å². The smallest absolute Gasteiger partial charge is 0.280 e. The maximum absolute atomic E-state index is 14.9. The number of nitrogens with one attached hydrogen (secondary N) is 2. The topological polar surface area (TPSA) is 88.0 Å². The molecule has 1 amide bonds. The number of nitrogens with zero attached hydrogens (tertiary/aromatic N) is 5. The second kappa shape index (κ2) is 9.01. The molecule has 0 radical (unpaired) electrons. The molecule has 8 nitrogen and oxygen atoms in total. The van der Waals surface area contributed by atoms with E-state index in [-0.39, 0.29) is 40.4 Å². The molecule has 0 aromatic carbocycles. The molecule has 2 N–H and O–H groups in total. The predicted molar refractivity (Wildman–Crippen MR) is 131 cm³/mol. The maximum atomic E-state index is 14.9. The van der Waals surface area contributed by atoms with Crippen molar-refractivity contribution < 1.29 is 13.6 Å². The number of fused-ring (bicyclic) bond motifs is 1. The average molecular weight is 538 g/mol. The minimum atomic E-state index is -2.75. The van der Waals surface area contributed by atoms with Gasteiger partial charge in [-0.3, -0.25) is 20.3 Å². The van der Waals surface area contributed by atoms with E-state index in [1.54, 1.807) is 17.3 Å². The van der Waals surface area contributed by atoms with Crippen molar-refractivity contribution in [3.05, 3.63) is 42.6 Å². The number of hydrogen-bond acceptors (Lipinski definition) is 6. The van der Waals surface area contributed by atoms with Crippen LogP contribution >= 0.6 is 23.2 Å². The van der Waals surface area contributed by atoms with Crippen LogP contribution in [0.3, 0.4) is 0 Å². The first-order valence-corrected chi connectivity index (χ1v) is 13.0. The summed E-state index contributed by atoms with van der Waals surface area (Å²) < 4.78 is 31.3. The number of hydrazine groups is 1. The molecule has 2 aliphatic heterocycles. The Balaban J connectivity index is 1.41. The van der Waals surface area contributed by atoms with Crippen LogP contribution in [0, 0.1) is 11.3 Å². The first-order chi connectivity index (χ1) is 17.3. The summed E-state index contributed by atoms with van der Waals surface area (Å²) in [6, 6.07) is -0.163. The number of hydrogen-bond donors (Lipinski definition) is 2. The van der Waals surface area contributed by atoms with E-state index in [9.17, 15) is 13.6 Å². The summed E-state index contributed by atoms with van der Waals surface area (Å²) >= 11 is 13.6. The summed E-state index contributed by atoms with van der Waals surface area (Å²) in [5.41, 5.74) is 7.72. The van der Waals surface area contributed by atoms with Gasteiger partial charge in [0.15, 0.2) is 0 Å². The first-order valence-electron chi connectivity index (χ1n) is 12.2. The Labute approximate surface area is 217 Å². The van der Waals surface area contributed by atoms with Gasteiger partial charge < -0.3 is 4.90 Å². The normalized spacial score (nSPS) is 31.2. The van der Waals surface area contributed by atoms with Crippen LogP contribution in [0.25, 0.3) is 11.3 Å². The van der Waals surface area contributed by atoms with E-state index in [2.05, 4.69) is 27.4 Å². The van der Waals surface area contributed by atoms with Crippen molar-refractivity contribution in [1.82, 2.24) is 35.5 Å². The Morgan fingerprint density at radius 1 is 1.25 bits per heavy atom. The van der Waals surface area contributed by atoms with Gasteiger partial charge in [-0.2, -0.15) is 5.10 Å². The SMILES string of the molecule is C=CC(=O)N1CC2(CC(n3nc(-c4cncnc4)c(C4C(Cl)C(Cl)CC5NNCC54)c3C(F)F)C2)C1. The quantitative estimate of drug-likeness (QED) is 0.448. The highest BCUT2D eigenvalue weighted by Gasteiger charge is 2.56. The van der Waals surface area contributed by atoms with E-state index in [1.165, 1.54) is 17.1 Å². The number of aromatic nitrogens is 4. The number of amides is 1.